The fraction of sp³-hybridized carbons (Fsp3) is 0.571. The molecule has 3 rings (SSSR count). The normalized spacial score (nSPS) is 17.3. The smallest absolute Gasteiger partial charge is 0.127 e. The van der Waals surface area contributed by atoms with Gasteiger partial charge in [0.05, 0.1) is 17.1 Å². The van der Waals surface area contributed by atoms with E-state index < -0.39 is 0 Å². The van der Waals surface area contributed by atoms with E-state index in [2.05, 4.69) is 26.5 Å². The summed E-state index contributed by atoms with van der Waals surface area (Å²) in [6, 6.07) is 2.80. The molecule has 0 radical (unpaired) electrons. The number of halogens is 1. The number of pyridine rings is 1. The molecule has 0 aliphatic heterocycles. The van der Waals surface area contributed by atoms with E-state index in [9.17, 15) is 0 Å². The van der Waals surface area contributed by atoms with Gasteiger partial charge in [-0.2, -0.15) is 0 Å². The first-order chi connectivity index (χ1) is 9.16. The maximum atomic E-state index is 6.25. The molecule has 0 N–H and O–H groups in total. The first-order valence-electron chi connectivity index (χ1n) is 6.81. The molecule has 0 bridgehead atoms. The lowest BCUT2D eigenvalue weighted by atomic mass is 10.4. The van der Waals surface area contributed by atoms with Crippen molar-refractivity contribution in [3.8, 4) is 0 Å². The molecule has 0 saturated heterocycles. The van der Waals surface area contributed by atoms with Gasteiger partial charge in [-0.05, 0) is 32.9 Å². The number of nitrogens with zero attached hydrogens (tertiary/aromatic N) is 4. The lowest BCUT2D eigenvalue weighted by molar-refractivity contribution is 0.309. The highest BCUT2D eigenvalue weighted by Gasteiger charge is 2.26. The Kier molecular flexibility index (Phi) is 3.46. The maximum Gasteiger partial charge on any atom is 0.127 e. The number of imidazole rings is 1. The van der Waals surface area contributed by atoms with E-state index in [-0.39, 0.29) is 5.38 Å². The highest BCUT2D eigenvalue weighted by Crippen LogP contribution is 2.27. The van der Waals surface area contributed by atoms with Crippen molar-refractivity contribution in [2.45, 2.75) is 37.7 Å². The summed E-state index contributed by atoms with van der Waals surface area (Å²) in [4.78, 5) is 11.2. The van der Waals surface area contributed by atoms with Gasteiger partial charge in [-0.1, -0.05) is 0 Å². The Bertz CT molecular complexity index is 574. The van der Waals surface area contributed by atoms with E-state index in [4.69, 9.17) is 11.6 Å². The molecule has 1 aliphatic carbocycles. The summed E-state index contributed by atoms with van der Waals surface area (Å²) in [6.07, 6.45) is 6.29. The zero-order chi connectivity index (χ0) is 13.4. The minimum absolute atomic E-state index is 0.0846. The summed E-state index contributed by atoms with van der Waals surface area (Å²) in [5.74, 6) is 0.939. The summed E-state index contributed by atoms with van der Waals surface area (Å²) < 4.78 is 2.23. The highest BCUT2D eigenvalue weighted by molar-refractivity contribution is 6.20. The minimum Gasteiger partial charge on any atom is -0.325 e. The minimum atomic E-state index is -0.0846. The molecule has 2 aromatic heterocycles. The molecule has 1 aliphatic rings. The maximum absolute atomic E-state index is 6.25. The van der Waals surface area contributed by atoms with Crippen LogP contribution in [0.4, 0.5) is 0 Å². The molecule has 19 heavy (non-hydrogen) atoms. The standard InChI is InChI=1S/C14H19ClN4/c1-10(15)14-17-12-9-16-6-5-13(12)19(14)8-7-18(2)11-3-4-11/h5-6,9-11H,3-4,7-8H2,1-2H3. The topological polar surface area (TPSA) is 34.0 Å². The van der Waals surface area contributed by atoms with Crippen LogP contribution >= 0.6 is 11.6 Å². The average molecular weight is 279 g/mol. The highest BCUT2D eigenvalue weighted by atomic mass is 35.5. The number of hydrogen-bond donors (Lipinski definition) is 0. The third-order valence-corrected chi connectivity index (χ3v) is 3.98. The van der Waals surface area contributed by atoms with Crippen molar-refractivity contribution in [1.29, 1.82) is 0 Å². The molecular weight excluding hydrogens is 260 g/mol. The Balaban J connectivity index is 1.88. The van der Waals surface area contributed by atoms with Crippen molar-refractivity contribution in [3.05, 3.63) is 24.3 Å². The molecule has 1 atom stereocenters. The summed E-state index contributed by atoms with van der Waals surface area (Å²) in [5.41, 5.74) is 2.06. The van der Waals surface area contributed by atoms with Crippen LogP contribution in [-0.2, 0) is 6.54 Å². The zero-order valence-electron chi connectivity index (χ0n) is 11.4. The quantitative estimate of drug-likeness (QED) is 0.789. The molecule has 1 unspecified atom stereocenters. The molecule has 1 fully saturated rings. The third-order valence-electron chi connectivity index (χ3n) is 3.78. The number of hydrogen-bond acceptors (Lipinski definition) is 3. The van der Waals surface area contributed by atoms with Crippen LogP contribution < -0.4 is 0 Å². The molecular formula is C14H19ClN4. The number of likely N-dealkylation sites (N-methyl/N-ethyl adjacent to an activating group) is 1. The predicted molar refractivity (Wildman–Crippen MR) is 77.4 cm³/mol. The molecule has 5 heteroatoms. The molecule has 0 aromatic carbocycles. The zero-order valence-corrected chi connectivity index (χ0v) is 12.1. The fourth-order valence-electron chi connectivity index (χ4n) is 2.49. The Morgan fingerprint density at radius 1 is 1.53 bits per heavy atom. The first kappa shape index (κ1) is 12.9. The Hall–Kier alpha value is -1.13. The number of alkyl halides is 1. The van der Waals surface area contributed by atoms with E-state index >= 15 is 0 Å². The molecule has 2 aromatic rings. The van der Waals surface area contributed by atoms with Gasteiger partial charge in [0.25, 0.3) is 0 Å². The number of rotatable bonds is 5. The van der Waals surface area contributed by atoms with Crippen molar-refractivity contribution < 1.29 is 0 Å². The van der Waals surface area contributed by atoms with Gasteiger partial charge in [0.1, 0.15) is 11.3 Å². The second kappa shape index (κ2) is 5.10. The largest absolute Gasteiger partial charge is 0.325 e. The van der Waals surface area contributed by atoms with Gasteiger partial charge in [-0.3, -0.25) is 4.98 Å². The third kappa shape index (κ3) is 2.60. The molecule has 1 saturated carbocycles. The van der Waals surface area contributed by atoms with Gasteiger partial charge < -0.3 is 9.47 Å². The first-order valence-corrected chi connectivity index (χ1v) is 7.25. The van der Waals surface area contributed by atoms with Crippen LogP contribution in [-0.4, -0.2) is 39.1 Å². The van der Waals surface area contributed by atoms with Crippen LogP contribution in [0, 0.1) is 0 Å². The number of fused-ring (bicyclic) bond motifs is 1. The van der Waals surface area contributed by atoms with Gasteiger partial charge in [0, 0.05) is 25.3 Å². The second-order valence-corrected chi connectivity index (χ2v) is 5.97. The van der Waals surface area contributed by atoms with Crippen LogP contribution in [0.5, 0.6) is 0 Å². The van der Waals surface area contributed by atoms with Crippen molar-refractivity contribution in [2.75, 3.05) is 13.6 Å². The van der Waals surface area contributed by atoms with Crippen molar-refractivity contribution in [2.24, 2.45) is 0 Å². The monoisotopic (exact) mass is 278 g/mol. The Morgan fingerprint density at radius 2 is 2.32 bits per heavy atom. The average Bonchev–Trinajstić information content (AvgIpc) is 3.17. The predicted octanol–water partition coefficient (Wildman–Crippen LogP) is 2.83. The summed E-state index contributed by atoms with van der Waals surface area (Å²) in [5, 5.41) is -0.0846. The van der Waals surface area contributed by atoms with Gasteiger partial charge in [0.2, 0.25) is 0 Å². The molecule has 0 spiro atoms. The van der Waals surface area contributed by atoms with Crippen molar-refractivity contribution >= 4 is 22.6 Å². The van der Waals surface area contributed by atoms with Gasteiger partial charge in [0.15, 0.2) is 0 Å². The summed E-state index contributed by atoms with van der Waals surface area (Å²) in [6.45, 7) is 3.94. The van der Waals surface area contributed by atoms with Gasteiger partial charge in [-0.15, -0.1) is 11.6 Å². The lowest BCUT2D eigenvalue weighted by Gasteiger charge is -2.17. The summed E-state index contributed by atoms with van der Waals surface area (Å²) in [7, 11) is 2.20. The van der Waals surface area contributed by atoms with E-state index in [0.29, 0.717) is 0 Å². The Morgan fingerprint density at radius 3 is 3.00 bits per heavy atom. The summed E-state index contributed by atoms with van der Waals surface area (Å²) >= 11 is 6.25. The van der Waals surface area contributed by atoms with Crippen molar-refractivity contribution in [1.82, 2.24) is 19.4 Å². The van der Waals surface area contributed by atoms with Crippen LogP contribution in [0.25, 0.3) is 11.0 Å². The molecule has 102 valence electrons. The SMILES string of the molecule is CC(Cl)c1nc2cnccc2n1CCN(C)C1CC1. The van der Waals surface area contributed by atoms with E-state index in [0.717, 1.165) is 36.0 Å². The van der Waals surface area contributed by atoms with E-state index in [1.165, 1.54) is 12.8 Å². The van der Waals surface area contributed by atoms with Gasteiger partial charge >= 0.3 is 0 Å². The van der Waals surface area contributed by atoms with Crippen LogP contribution in [0.15, 0.2) is 18.5 Å². The van der Waals surface area contributed by atoms with E-state index in [1.807, 2.05) is 19.2 Å². The van der Waals surface area contributed by atoms with Gasteiger partial charge in [-0.25, -0.2) is 4.98 Å². The number of aromatic nitrogens is 3. The molecule has 4 nitrogen and oxygen atoms in total. The molecule has 2 heterocycles. The van der Waals surface area contributed by atoms with Crippen LogP contribution in [0.3, 0.4) is 0 Å². The lowest BCUT2D eigenvalue weighted by Crippen LogP contribution is -2.25. The van der Waals surface area contributed by atoms with Crippen LogP contribution in [0.1, 0.15) is 31.0 Å². The second-order valence-electron chi connectivity index (χ2n) is 5.31. The molecule has 0 amide bonds. The van der Waals surface area contributed by atoms with E-state index in [1.54, 1.807) is 6.20 Å². The van der Waals surface area contributed by atoms with Crippen molar-refractivity contribution in [3.63, 3.8) is 0 Å². The van der Waals surface area contributed by atoms with Crippen LogP contribution in [0.2, 0.25) is 0 Å². The Labute approximate surface area is 118 Å². The fourth-order valence-corrected chi connectivity index (χ4v) is 2.66.